The lowest BCUT2D eigenvalue weighted by Gasteiger charge is -2.14. The number of hydrogen-bond donors (Lipinski definition) is 3. The van der Waals surface area contributed by atoms with Crippen LogP contribution >= 0.6 is 0 Å². The summed E-state index contributed by atoms with van der Waals surface area (Å²) >= 11 is 0. The van der Waals surface area contributed by atoms with E-state index in [1.54, 1.807) is 25.1 Å². The van der Waals surface area contributed by atoms with Gasteiger partial charge in [-0.15, -0.1) is 0 Å². The first-order valence-corrected chi connectivity index (χ1v) is 7.52. The van der Waals surface area contributed by atoms with Gasteiger partial charge in [-0.3, -0.25) is 5.32 Å². The normalized spacial score (nSPS) is 10.2. The van der Waals surface area contributed by atoms with Crippen LogP contribution in [0.15, 0.2) is 18.2 Å². The van der Waals surface area contributed by atoms with Crippen molar-refractivity contribution in [2.24, 2.45) is 5.92 Å². The van der Waals surface area contributed by atoms with Gasteiger partial charge < -0.3 is 15.4 Å². The maximum atomic E-state index is 11.8. The summed E-state index contributed by atoms with van der Waals surface area (Å²) < 4.78 is 4.85. The summed E-state index contributed by atoms with van der Waals surface area (Å²) in [7, 11) is 0. The van der Waals surface area contributed by atoms with Crippen molar-refractivity contribution in [3.63, 3.8) is 0 Å². The third-order valence-electron chi connectivity index (χ3n) is 3.10. The number of benzene rings is 1. The fourth-order valence-electron chi connectivity index (χ4n) is 1.82. The zero-order valence-electron chi connectivity index (χ0n) is 13.7. The summed E-state index contributed by atoms with van der Waals surface area (Å²) in [4.78, 5) is 23.3. The summed E-state index contributed by atoms with van der Waals surface area (Å²) in [6.45, 7) is 8.71. The SMILES string of the molecule is CCOC(=O)Nc1cccc(NC(=O)NCCC(C)C)c1C. The molecule has 6 heteroatoms. The molecule has 0 aliphatic carbocycles. The predicted molar refractivity (Wildman–Crippen MR) is 88.3 cm³/mol. The molecule has 0 aromatic heterocycles. The molecule has 0 bridgehead atoms. The Kier molecular flexibility index (Phi) is 7.22. The molecule has 122 valence electrons. The van der Waals surface area contributed by atoms with Crippen LogP contribution in [0.5, 0.6) is 0 Å². The third-order valence-corrected chi connectivity index (χ3v) is 3.10. The Morgan fingerprint density at radius 1 is 1.18 bits per heavy atom. The molecule has 1 aromatic carbocycles. The molecule has 0 saturated heterocycles. The fraction of sp³-hybridized carbons (Fsp3) is 0.500. The first kappa shape index (κ1) is 17.8. The van der Waals surface area contributed by atoms with Crippen LogP contribution in [0.2, 0.25) is 0 Å². The zero-order chi connectivity index (χ0) is 16.5. The van der Waals surface area contributed by atoms with Gasteiger partial charge in [0.15, 0.2) is 0 Å². The minimum Gasteiger partial charge on any atom is -0.450 e. The molecule has 0 saturated carbocycles. The second kappa shape index (κ2) is 8.92. The number of amides is 3. The van der Waals surface area contributed by atoms with Gasteiger partial charge in [-0.2, -0.15) is 0 Å². The molecular weight excluding hydrogens is 282 g/mol. The standard InChI is InChI=1S/C16H25N3O3/c1-5-22-16(21)19-14-8-6-7-13(12(14)4)18-15(20)17-10-9-11(2)3/h6-8,11H,5,9-10H2,1-4H3,(H,19,21)(H2,17,18,20). The number of nitrogens with one attached hydrogen (secondary N) is 3. The second-order valence-corrected chi connectivity index (χ2v) is 5.39. The van der Waals surface area contributed by atoms with E-state index in [-0.39, 0.29) is 6.03 Å². The highest BCUT2D eigenvalue weighted by molar-refractivity contribution is 5.93. The van der Waals surface area contributed by atoms with Gasteiger partial charge in [-0.1, -0.05) is 19.9 Å². The molecule has 0 radical (unpaired) electrons. The summed E-state index contributed by atoms with van der Waals surface area (Å²) in [5.74, 6) is 0.541. The predicted octanol–water partition coefficient (Wildman–Crippen LogP) is 3.73. The van der Waals surface area contributed by atoms with Crippen molar-refractivity contribution < 1.29 is 14.3 Å². The third kappa shape index (κ3) is 6.03. The van der Waals surface area contributed by atoms with E-state index in [0.29, 0.717) is 30.4 Å². The molecule has 0 atom stereocenters. The molecule has 3 N–H and O–H groups in total. The van der Waals surface area contributed by atoms with E-state index in [0.717, 1.165) is 12.0 Å². The molecule has 3 amide bonds. The van der Waals surface area contributed by atoms with Crippen LogP contribution in [0.4, 0.5) is 21.0 Å². The van der Waals surface area contributed by atoms with Crippen LogP contribution in [0.3, 0.4) is 0 Å². The number of urea groups is 1. The van der Waals surface area contributed by atoms with Gasteiger partial charge in [0.25, 0.3) is 0 Å². The van der Waals surface area contributed by atoms with Crippen molar-refractivity contribution in [1.29, 1.82) is 0 Å². The maximum absolute atomic E-state index is 11.8. The van der Waals surface area contributed by atoms with Crippen LogP contribution in [-0.2, 0) is 4.74 Å². The molecular formula is C16H25N3O3. The first-order chi connectivity index (χ1) is 10.4. The van der Waals surface area contributed by atoms with Crippen molar-refractivity contribution in [3.05, 3.63) is 23.8 Å². The molecule has 6 nitrogen and oxygen atoms in total. The van der Waals surface area contributed by atoms with Gasteiger partial charge in [-0.25, -0.2) is 9.59 Å². The lowest BCUT2D eigenvalue weighted by Crippen LogP contribution is -2.30. The van der Waals surface area contributed by atoms with Gasteiger partial charge in [0.2, 0.25) is 0 Å². The molecule has 0 aliphatic rings. The fourth-order valence-corrected chi connectivity index (χ4v) is 1.82. The number of carbonyl (C=O) groups is 2. The van der Waals surface area contributed by atoms with E-state index in [1.165, 1.54) is 0 Å². The largest absolute Gasteiger partial charge is 0.450 e. The zero-order valence-corrected chi connectivity index (χ0v) is 13.7. The minimum absolute atomic E-state index is 0.253. The van der Waals surface area contributed by atoms with E-state index in [9.17, 15) is 9.59 Å². The Morgan fingerprint density at radius 2 is 1.82 bits per heavy atom. The number of rotatable bonds is 6. The van der Waals surface area contributed by atoms with Gasteiger partial charge in [0, 0.05) is 17.9 Å². The topological polar surface area (TPSA) is 79.5 Å². The number of ether oxygens (including phenoxy) is 1. The highest BCUT2D eigenvalue weighted by Gasteiger charge is 2.10. The molecule has 0 spiro atoms. The molecule has 0 fully saturated rings. The number of carbonyl (C=O) groups excluding carboxylic acids is 2. The Bertz CT molecular complexity index is 515. The van der Waals surface area contributed by atoms with Crippen molar-refractivity contribution in [1.82, 2.24) is 5.32 Å². The minimum atomic E-state index is -0.510. The van der Waals surface area contributed by atoms with Gasteiger partial charge in [0.05, 0.1) is 6.61 Å². The average Bonchev–Trinajstić information content (AvgIpc) is 2.43. The van der Waals surface area contributed by atoms with E-state index in [4.69, 9.17) is 4.74 Å². The second-order valence-electron chi connectivity index (χ2n) is 5.39. The first-order valence-electron chi connectivity index (χ1n) is 7.52. The summed E-state index contributed by atoms with van der Waals surface area (Å²) in [6, 6.07) is 5.05. The molecule has 0 unspecified atom stereocenters. The summed E-state index contributed by atoms with van der Waals surface area (Å²) in [5, 5.41) is 8.25. The highest BCUT2D eigenvalue weighted by atomic mass is 16.5. The lowest BCUT2D eigenvalue weighted by atomic mass is 10.1. The molecule has 22 heavy (non-hydrogen) atoms. The van der Waals surface area contributed by atoms with Crippen LogP contribution in [0, 0.1) is 12.8 Å². The average molecular weight is 307 g/mol. The molecule has 1 rings (SSSR count). The van der Waals surface area contributed by atoms with Crippen molar-refractivity contribution in [3.8, 4) is 0 Å². The van der Waals surface area contributed by atoms with E-state index < -0.39 is 6.09 Å². The number of hydrogen-bond acceptors (Lipinski definition) is 3. The van der Waals surface area contributed by atoms with E-state index in [1.807, 2.05) is 6.92 Å². The maximum Gasteiger partial charge on any atom is 0.411 e. The molecule has 1 aromatic rings. The summed E-state index contributed by atoms with van der Waals surface area (Å²) in [6.07, 6.45) is 0.417. The lowest BCUT2D eigenvalue weighted by molar-refractivity contribution is 0.168. The van der Waals surface area contributed by atoms with E-state index in [2.05, 4.69) is 29.8 Å². The Labute approximate surface area is 131 Å². The van der Waals surface area contributed by atoms with Crippen LogP contribution < -0.4 is 16.0 Å². The van der Waals surface area contributed by atoms with Crippen LogP contribution in [0.25, 0.3) is 0 Å². The quantitative estimate of drug-likeness (QED) is 0.749. The van der Waals surface area contributed by atoms with Crippen molar-refractivity contribution in [2.45, 2.75) is 34.1 Å². The Balaban J connectivity index is 2.64. The van der Waals surface area contributed by atoms with Crippen LogP contribution in [0.1, 0.15) is 32.8 Å². The Hall–Kier alpha value is -2.24. The van der Waals surface area contributed by atoms with Crippen LogP contribution in [-0.4, -0.2) is 25.3 Å². The van der Waals surface area contributed by atoms with Gasteiger partial charge in [0.1, 0.15) is 0 Å². The van der Waals surface area contributed by atoms with Crippen molar-refractivity contribution >= 4 is 23.5 Å². The smallest absolute Gasteiger partial charge is 0.411 e. The Morgan fingerprint density at radius 3 is 2.41 bits per heavy atom. The van der Waals surface area contributed by atoms with Gasteiger partial charge in [-0.05, 0) is 43.9 Å². The molecule has 0 aliphatic heterocycles. The highest BCUT2D eigenvalue weighted by Crippen LogP contribution is 2.23. The molecule has 0 heterocycles. The van der Waals surface area contributed by atoms with E-state index >= 15 is 0 Å². The van der Waals surface area contributed by atoms with Gasteiger partial charge >= 0.3 is 12.1 Å². The number of anilines is 2. The van der Waals surface area contributed by atoms with Crippen molar-refractivity contribution in [2.75, 3.05) is 23.8 Å². The summed E-state index contributed by atoms with van der Waals surface area (Å²) in [5.41, 5.74) is 2.03. The monoisotopic (exact) mass is 307 g/mol.